The number of carboxylic acid groups (broad SMARTS) is 1. The van der Waals surface area contributed by atoms with Crippen LogP contribution in [-0.4, -0.2) is 21.3 Å². The topological polar surface area (TPSA) is 85.5 Å². The van der Waals surface area contributed by atoms with Crippen molar-refractivity contribution in [3.8, 4) is 5.75 Å². The van der Waals surface area contributed by atoms with Gasteiger partial charge in [0.25, 0.3) is 5.89 Å². The lowest BCUT2D eigenvalue weighted by Crippen LogP contribution is -2.00. The van der Waals surface area contributed by atoms with E-state index in [2.05, 4.69) is 10.2 Å². The molecule has 0 aliphatic heterocycles. The van der Waals surface area contributed by atoms with Gasteiger partial charge in [0.2, 0.25) is 5.89 Å². The second-order valence-corrected chi connectivity index (χ2v) is 3.86. The summed E-state index contributed by atoms with van der Waals surface area (Å²) in [5, 5.41) is 16.5. The first-order chi connectivity index (χ1) is 8.56. The quantitative estimate of drug-likeness (QED) is 0.916. The van der Waals surface area contributed by atoms with Crippen LogP contribution in [-0.2, 0) is 6.61 Å². The number of hydrogen-bond acceptors (Lipinski definition) is 5. The highest BCUT2D eigenvalue weighted by atomic mass is 35.5. The van der Waals surface area contributed by atoms with Gasteiger partial charge in [0.05, 0.1) is 10.6 Å². The maximum atomic E-state index is 10.9. The molecule has 18 heavy (non-hydrogen) atoms. The summed E-state index contributed by atoms with van der Waals surface area (Å²) in [7, 11) is 0. The monoisotopic (exact) mass is 268 g/mol. The summed E-state index contributed by atoms with van der Waals surface area (Å²) >= 11 is 5.73. The number of ether oxygens (including phenoxy) is 1. The van der Waals surface area contributed by atoms with E-state index in [9.17, 15) is 4.79 Å². The number of aromatic carboxylic acids is 1. The minimum absolute atomic E-state index is 0.0177. The summed E-state index contributed by atoms with van der Waals surface area (Å²) in [6.07, 6.45) is 0. The van der Waals surface area contributed by atoms with Crippen molar-refractivity contribution in [2.45, 2.75) is 13.5 Å². The van der Waals surface area contributed by atoms with Crippen LogP contribution in [0.15, 0.2) is 22.6 Å². The summed E-state index contributed by atoms with van der Waals surface area (Å²) < 4.78 is 10.5. The molecule has 2 rings (SSSR count). The zero-order chi connectivity index (χ0) is 13.1. The number of aryl methyl sites for hydroxylation is 1. The fraction of sp³-hybridized carbons (Fsp3) is 0.182. The van der Waals surface area contributed by atoms with Crippen molar-refractivity contribution in [3.63, 3.8) is 0 Å². The first kappa shape index (κ1) is 12.4. The second kappa shape index (κ2) is 5.05. The molecule has 0 radical (unpaired) electrons. The molecular weight excluding hydrogens is 260 g/mol. The van der Waals surface area contributed by atoms with E-state index < -0.39 is 5.97 Å². The summed E-state index contributed by atoms with van der Waals surface area (Å²) in [6.45, 7) is 1.74. The Hall–Kier alpha value is -2.08. The minimum Gasteiger partial charge on any atom is -0.484 e. The molecule has 1 aromatic carbocycles. The van der Waals surface area contributed by atoms with Gasteiger partial charge in [-0.2, -0.15) is 0 Å². The van der Waals surface area contributed by atoms with Gasteiger partial charge >= 0.3 is 5.97 Å². The van der Waals surface area contributed by atoms with Crippen LogP contribution in [0.1, 0.15) is 22.1 Å². The smallest absolute Gasteiger partial charge is 0.337 e. The fourth-order valence-corrected chi connectivity index (χ4v) is 1.50. The van der Waals surface area contributed by atoms with E-state index in [0.717, 1.165) is 0 Å². The van der Waals surface area contributed by atoms with Gasteiger partial charge in [-0.25, -0.2) is 4.79 Å². The SMILES string of the molecule is Cc1nnc(COc2ccc(Cl)c(C(=O)O)c2)o1. The Kier molecular flexibility index (Phi) is 3.47. The summed E-state index contributed by atoms with van der Waals surface area (Å²) in [5.41, 5.74) is -0.0177. The molecule has 0 aliphatic carbocycles. The molecule has 0 bridgehead atoms. The molecule has 0 fully saturated rings. The zero-order valence-corrected chi connectivity index (χ0v) is 10.1. The molecule has 94 valence electrons. The van der Waals surface area contributed by atoms with Crippen LogP contribution in [0.4, 0.5) is 0 Å². The Morgan fingerprint density at radius 3 is 2.89 bits per heavy atom. The van der Waals surface area contributed by atoms with Crippen LogP contribution < -0.4 is 4.74 Å². The number of carbonyl (C=O) groups is 1. The number of carboxylic acids is 1. The summed E-state index contributed by atoms with van der Waals surface area (Å²) in [5.74, 6) is 0.0157. The predicted octanol–water partition coefficient (Wildman–Crippen LogP) is 2.31. The second-order valence-electron chi connectivity index (χ2n) is 3.45. The zero-order valence-electron chi connectivity index (χ0n) is 9.38. The van der Waals surface area contributed by atoms with Crippen molar-refractivity contribution in [3.05, 3.63) is 40.6 Å². The van der Waals surface area contributed by atoms with Gasteiger partial charge in [-0.1, -0.05) is 11.6 Å². The Morgan fingerprint density at radius 2 is 2.28 bits per heavy atom. The molecule has 0 unspecified atom stereocenters. The average molecular weight is 269 g/mol. The van der Waals surface area contributed by atoms with E-state index in [1.165, 1.54) is 12.1 Å². The minimum atomic E-state index is -1.11. The van der Waals surface area contributed by atoms with Crippen molar-refractivity contribution >= 4 is 17.6 Å². The molecule has 0 spiro atoms. The van der Waals surface area contributed by atoms with Crippen LogP contribution in [0.2, 0.25) is 5.02 Å². The van der Waals surface area contributed by atoms with E-state index in [1.807, 2.05) is 0 Å². The maximum Gasteiger partial charge on any atom is 0.337 e. The highest BCUT2D eigenvalue weighted by molar-refractivity contribution is 6.33. The van der Waals surface area contributed by atoms with E-state index in [1.54, 1.807) is 13.0 Å². The standard InChI is InChI=1S/C11H9ClN2O4/c1-6-13-14-10(18-6)5-17-7-2-3-9(12)8(4-7)11(15)16/h2-4H,5H2,1H3,(H,15,16). The largest absolute Gasteiger partial charge is 0.484 e. The van der Waals surface area contributed by atoms with E-state index >= 15 is 0 Å². The van der Waals surface area contributed by atoms with Crippen molar-refractivity contribution in [2.24, 2.45) is 0 Å². The maximum absolute atomic E-state index is 10.9. The average Bonchev–Trinajstić information content (AvgIpc) is 2.74. The van der Waals surface area contributed by atoms with Gasteiger partial charge in [0, 0.05) is 6.92 Å². The molecule has 0 amide bonds. The normalized spacial score (nSPS) is 10.3. The molecule has 0 saturated carbocycles. The number of halogens is 1. The summed E-state index contributed by atoms with van der Waals surface area (Å²) in [4.78, 5) is 10.9. The summed E-state index contributed by atoms with van der Waals surface area (Å²) in [6, 6.07) is 4.37. The third-order valence-electron chi connectivity index (χ3n) is 2.10. The molecular formula is C11H9ClN2O4. The highest BCUT2D eigenvalue weighted by Gasteiger charge is 2.10. The van der Waals surface area contributed by atoms with E-state index in [-0.39, 0.29) is 17.2 Å². The molecule has 0 aliphatic rings. The predicted molar refractivity (Wildman–Crippen MR) is 61.8 cm³/mol. The van der Waals surface area contributed by atoms with Crippen LogP contribution in [0.3, 0.4) is 0 Å². The first-order valence-electron chi connectivity index (χ1n) is 5.01. The van der Waals surface area contributed by atoms with E-state index in [0.29, 0.717) is 17.5 Å². The number of aromatic nitrogens is 2. The molecule has 1 heterocycles. The first-order valence-corrected chi connectivity index (χ1v) is 5.38. The van der Waals surface area contributed by atoms with Crippen molar-refractivity contribution < 1.29 is 19.1 Å². The van der Waals surface area contributed by atoms with Gasteiger partial charge < -0.3 is 14.3 Å². The number of rotatable bonds is 4. The van der Waals surface area contributed by atoms with Gasteiger partial charge in [-0.3, -0.25) is 0 Å². The van der Waals surface area contributed by atoms with Crippen molar-refractivity contribution in [1.29, 1.82) is 0 Å². The lowest BCUT2D eigenvalue weighted by Gasteiger charge is -2.05. The third kappa shape index (κ3) is 2.78. The third-order valence-corrected chi connectivity index (χ3v) is 2.43. The van der Waals surface area contributed by atoms with Crippen molar-refractivity contribution in [1.82, 2.24) is 10.2 Å². The Bertz CT molecular complexity index is 582. The number of hydrogen-bond donors (Lipinski definition) is 1. The molecule has 2 aromatic rings. The lowest BCUT2D eigenvalue weighted by molar-refractivity contribution is 0.0696. The Morgan fingerprint density at radius 1 is 1.50 bits per heavy atom. The van der Waals surface area contributed by atoms with Crippen LogP contribution in [0.5, 0.6) is 5.75 Å². The molecule has 1 aromatic heterocycles. The van der Waals surface area contributed by atoms with Crippen LogP contribution in [0.25, 0.3) is 0 Å². The Labute approximate surface area is 107 Å². The van der Waals surface area contributed by atoms with Crippen LogP contribution >= 0.6 is 11.6 Å². The molecule has 1 N–H and O–H groups in total. The molecule has 0 saturated heterocycles. The van der Waals surface area contributed by atoms with Crippen molar-refractivity contribution in [2.75, 3.05) is 0 Å². The molecule has 6 nitrogen and oxygen atoms in total. The fourth-order valence-electron chi connectivity index (χ4n) is 1.30. The lowest BCUT2D eigenvalue weighted by atomic mass is 10.2. The van der Waals surface area contributed by atoms with Gasteiger partial charge in [0.15, 0.2) is 6.61 Å². The number of nitrogens with zero attached hydrogens (tertiary/aromatic N) is 2. The Balaban J connectivity index is 2.10. The van der Waals surface area contributed by atoms with Gasteiger partial charge in [-0.15, -0.1) is 10.2 Å². The van der Waals surface area contributed by atoms with Crippen LogP contribution in [0, 0.1) is 6.92 Å². The van der Waals surface area contributed by atoms with E-state index in [4.69, 9.17) is 25.9 Å². The number of benzene rings is 1. The molecule has 7 heteroatoms. The molecule has 0 atom stereocenters. The van der Waals surface area contributed by atoms with Gasteiger partial charge in [-0.05, 0) is 18.2 Å². The highest BCUT2D eigenvalue weighted by Crippen LogP contribution is 2.22. The van der Waals surface area contributed by atoms with Gasteiger partial charge in [0.1, 0.15) is 5.75 Å².